The Bertz CT molecular complexity index is 753. The molecule has 0 atom stereocenters. The van der Waals surface area contributed by atoms with E-state index in [-0.39, 0.29) is 5.91 Å². The molecule has 0 unspecified atom stereocenters. The van der Waals surface area contributed by atoms with Crippen LogP contribution in [-0.2, 0) is 4.79 Å². The molecule has 1 N–H and O–H groups in total. The number of benzene rings is 1. The van der Waals surface area contributed by atoms with Gasteiger partial charge in [-0.2, -0.15) is 0 Å². The molecule has 4 rings (SSSR count). The van der Waals surface area contributed by atoms with Gasteiger partial charge in [-0.25, -0.2) is 0 Å². The summed E-state index contributed by atoms with van der Waals surface area (Å²) < 4.78 is 5.57. The highest BCUT2D eigenvalue weighted by Gasteiger charge is 2.25. The van der Waals surface area contributed by atoms with Gasteiger partial charge >= 0.3 is 0 Å². The molecule has 1 aromatic heterocycles. The van der Waals surface area contributed by atoms with Crippen molar-refractivity contribution in [3.63, 3.8) is 0 Å². The van der Waals surface area contributed by atoms with Gasteiger partial charge in [0.15, 0.2) is 0 Å². The Labute approximate surface area is 162 Å². The second-order valence-corrected chi connectivity index (χ2v) is 8.50. The lowest BCUT2D eigenvalue weighted by Crippen LogP contribution is -2.37. The van der Waals surface area contributed by atoms with Crippen LogP contribution in [0.5, 0.6) is 0 Å². The first-order valence-electron chi connectivity index (χ1n) is 10.6. The zero-order chi connectivity index (χ0) is 18.6. The number of carbonyl (C=O) groups excluding carboxylic acids is 1. The molecular weight excluding hydrogens is 336 g/mol. The first kappa shape index (κ1) is 18.5. The molecule has 0 spiro atoms. The highest BCUT2D eigenvalue weighted by Crippen LogP contribution is 2.34. The van der Waals surface area contributed by atoms with Gasteiger partial charge in [-0.15, -0.1) is 0 Å². The van der Waals surface area contributed by atoms with Crippen molar-refractivity contribution in [2.75, 3.05) is 19.6 Å². The van der Waals surface area contributed by atoms with Gasteiger partial charge in [0, 0.05) is 18.4 Å². The lowest BCUT2D eigenvalue weighted by atomic mass is 9.83. The third-order valence-corrected chi connectivity index (χ3v) is 6.66. The van der Waals surface area contributed by atoms with Crippen molar-refractivity contribution in [1.82, 2.24) is 10.2 Å². The van der Waals surface area contributed by atoms with Crippen LogP contribution in [0.15, 0.2) is 34.9 Å². The van der Waals surface area contributed by atoms with Gasteiger partial charge in [-0.3, -0.25) is 4.79 Å². The minimum Gasteiger partial charge on any atom is -0.464 e. The number of hydrogen-bond acceptors (Lipinski definition) is 3. The summed E-state index contributed by atoms with van der Waals surface area (Å²) in [6.45, 7) is 5.28. The average molecular weight is 369 g/mol. The van der Waals surface area contributed by atoms with Crippen molar-refractivity contribution >= 4 is 16.9 Å². The molecule has 1 saturated carbocycles. The van der Waals surface area contributed by atoms with Crippen LogP contribution in [0.3, 0.4) is 0 Å². The number of nitrogens with one attached hydrogen (secondary N) is 1. The maximum Gasteiger partial charge on any atom is 0.217 e. The third-order valence-electron chi connectivity index (χ3n) is 6.66. The summed E-state index contributed by atoms with van der Waals surface area (Å²) in [5.74, 6) is 1.62. The number of rotatable bonds is 5. The van der Waals surface area contributed by atoms with Gasteiger partial charge in [0.25, 0.3) is 0 Å². The highest BCUT2D eigenvalue weighted by molar-refractivity contribution is 5.81. The summed E-state index contributed by atoms with van der Waals surface area (Å²) >= 11 is 0. The maximum absolute atomic E-state index is 11.2. The van der Waals surface area contributed by atoms with Crippen molar-refractivity contribution in [2.45, 2.75) is 63.8 Å². The molecule has 0 radical (unpaired) electrons. The minimum absolute atomic E-state index is 0.118. The van der Waals surface area contributed by atoms with E-state index in [4.69, 9.17) is 4.42 Å². The standard InChI is InChI=1S/C23H32N2O2/c1-17(26)24-20-7-5-18(6-8-20)9-13-25-14-10-19(11-15-25)21-3-2-4-23-22(21)12-16-27-23/h2-4,12,16,18-20H,5-11,13-15H2,1H3,(H,24,26). The van der Waals surface area contributed by atoms with Gasteiger partial charge in [-0.1, -0.05) is 12.1 Å². The minimum atomic E-state index is 0.118. The average Bonchev–Trinajstić information content (AvgIpc) is 3.16. The monoisotopic (exact) mass is 368 g/mol. The first-order chi connectivity index (χ1) is 13.2. The number of nitrogens with zero attached hydrogens (tertiary/aromatic N) is 1. The van der Waals surface area contributed by atoms with Crippen LogP contribution in [-0.4, -0.2) is 36.5 Å². The van der Waals surface area contributed by atoms with Crippen LogP contribution >= 0.6 is 0 Å². The lowest BCUT2D eigenvalue weighted by molar-refractivity contribution is -0.119. The van der Waals surface area contributed by atoms with Gasteiger partial charge in [0.05, 0.1) is 6.26 Å². The number of fused-ring (bicyclic) bond motifs is 1. The molecule has 2 aromatic rings. The van der Waals surface area contributed by atoms with E-state index in [1.165, 1.54) is 62.7 Å². The summed E-state index contributed by atoms with van der Waals surface area (Å²) in [5.41, 5.74) is 2.49. The molecule has 1 aromatic carbocycles. The van der Waals surface area contributed by atoms with E-state index in [0.29, 0.717) is 12.0 Å². The fourth-order valence-corrected chi connectivity index (χ4v) is 5.09. The predicted octanol–water partition coefficient (Wildman–Crippen LogP) is 4.70. The predicted molar refractivity (Wildman–Crippen MR) is 109 cm³/mol. The summed E-state index contributed by atoms with van der Waals surface area (Å²) in [4.78, 5) is 13.8. The van der Waals surface area contributed by atoms with Crippen LogP contribution in [0.1, 0.15) is 63.4 Å². The molecule has 146 valence electrons. The highest BCUT2D eigenvalue weighted by atomic mass is 16.3. The largest absolute Gasteiger partial charge is 0.464 e. The van der Waals surface area contributed by atoms with Crippen LogP contribution in [0.25, 0.3) is 11.0 Å². The molecule has 0 bridgehead atoms. The van der Waals surface area contributed by atoms with Gasteiger partial charge in [-0.05, 0) is 94.1 Å². The second-order valence-electron chi connectivity index (χ2n) is 8.50. The summed E-state index contributed by atoms with van der Waals surface area (Å²) in [7, 11) is 0. The molecule has 4 nitrogen and oxygen atoms in total. The van der Waals surface area contributed by atoms with Crippen molar-refractivity contribution in [3.05, 3.63) is 36.1 Å². The van der Waals surface area contributed by atoms with Crippen LogP contribution in [0.4, 0.5) is 0 Å². The summed E-state index contributed by atoms with van der Waals surface area (Å²) in [5, 5.41) is 4.38. The smallest absolute Gasteiger partial charge is 0.217 e. The number of piperidine rings is 1. The molecule has 2 aliphatic rings. The van der Waals surface area contributed by atoms with Crippen molar-refractivity contribution in [1.29, 1.82) is 0 Å². The maximum atomic E-state index is 11.2. The molecule has 27 heavy (non-hydrogen) atoms. The quantitative estimate of drug-likeness (QED) is 0.832. The number of hydrogen-bond donors (Lipinski definition) is 1. The van der Waals surface area contributed by atoms with E-state index in [1.807, 2.05) is 6.26 Å². The van der Waals surface area contributed by atoms with Gasteiger partial charge in [0.1, 0.15) is 5.58 Å². The number of furan rings is 1. The van der Waals surface area contributed by atoms with Gasteiger partial charge in [0.2, 0.25) is 5.91 Å². The Hall–Kier alpha value is -1.81. The van der Waals surface area contributed by atoms with E-state index in [1.54, 1.807) is 6.92 Å². The van der Waals surface area contributed by atoms with E-state index < -0.39 is 0 Å². The van der Waals surface area contributed by atoms with Crippen molar-refractivity contribution in [2.24, 2.45) is 5.92 Å². The van der Waals surface area contributed by atoms with E-state index in [2.05, 4.69) is 34.5 Å². The van der Waals surface area contributed by atoms with E-state index in [0.717, 1.165) is 24.3 Å². The van der Waals surface area contributed by atoms with Crippen LogP contribution in [0, 0.1) is 5.92 Å². The third kappa shape index (κ3) is 4.55. The molecular formula is C23H32N2O2. The molecule has 1 saturated heterocycles. The summed E-state index contributed by atoms with van der Waals surface area (Å²) in [6, 6.07) is 9.01. The van der Waals surface area contributed by atoms with Crippen LogP contribution in [0.2, 0.25) is 0 Å². The zero-order valence-electron chi connectivity index (χ0n) is 16.5. The Morgan fingerprint density at radius 2 is 1.89 bits per heavy atom. The molecule has 1 aliphatic heterocycles. The lowest BCUT2D eigenvalue weighted by Gasteiger charge is -2.34. The molecule has 2 heterocycles. The number of amides is 1. The normalized spacial score (nSPS) is 24.9. The molecule has 1 amide bonds. The number of likely N-dealkylation sites (tertiary alicyclic amines) is 1. The van der Waals surface area contributed by atoms with E-state index in [9.17, 15) is 4.79 Å². The van der Waals surface area contributed by atoms with Crippen LogP contribution < -0.4 is 5.32 Å². The molecule has 4 heteroatoms. The number of carbonyl (C=O) groups is 1. The first-order valence-corrected chi connectivity index (χ1v) is 10.6. The Balaban J connectivity index is 1.21. The van der Waals surface area contributed by atoms with Crippen molar-refractivity contribution in [3.8, 4) is 0 Å². The van der Waals surface area contributed by atoms with Gasteiger partial charge < -0.3 is 14.6 Å². The second kappa shape index (κ2) is 8.47. The molecule has 2 fully saturated rings. The summed E-state index contributed by atoms with van der Waals surface area (Å²) in [6.07, 6.45) is 10.5. The Kier molecular flexibility index (Phi) is 5.82. The SMILES string of the molecule is CC(=O)NC1CCC(CCN2CCC(c3cccc4occc34)CC2)CC1. The molecule has 1 aliphatic carbocycles. The topological polar surface area (TPSA) is 45.5 Å². The van der Waals surface area contributed by atoms with Crippen molar-refractivity contribution < 1.29 is 9.21 Å². The van der Waals surface area contributed by atoms with E-state index >= 15 is 0 Å². The Morgan fingerprint density at radius 3 is 2.63 bits per heavy atom. The Morgan fingerprint density at radius 1 is 1.11 bits per heavy atom. The zero-order valence-corrected chi connectivity index (χ0v) is 16.5. The fourth-order valence-electron chi connectivity index (χ4n) is 5.09. The fraction of sp³-hybridized carbons (Fsp3) is 0.609.